The molecule has 1 rings (SSSR count). The zero-order chi connectivity index (χ0) is 21.2. The van der Waals surface area contributed by atoms with E-state index in [1.165, 1.54) is 13.2 Å². The number of piperidine rings is 1. The number of rotatable bonds is 10. The number of methoxy groups -OCH3 is 2. The topological polar surface area (TPSA) is 50.8 Å². The van der Waals surface area contributed by atoms with Crippen LogP contribution in [0.3, 0.4) is 0 Å². The highest BCUT2D eigenvalue weighted by atomic mass is 19.1. The van der Waals surface area contributed by atoms with Crippen LogP contribution in [0.25, 0.3) is 0 Å². The fourth-order valence-corrected chi connectivity index (χ4v) is 3.01. The van der Waals surface area contributed by atoms with Gasteiger partial charge in [-0.1, -0.05) is 27.4 Å². The number of carbonyl (C=O) groups excluding carboxylic acids is 1. The van der Waals surface area contributed by atoms with Crippen LogP contribution in [0.2, 0.25) is 0 Å². The Kier molecular flexibility index (Phi) is 10.5. The normalized spacial score (nSPS) is 22.1. The van der Waals surface area contributed by atoms with Crippen molar-refractivity contribution in [2.75, 3.05) is 47.0 Å². The van der Waals surface area contributed by atoms with Gasteiger partial charge in [0.15, 0.2) is 0 Å². The second kappa shape index (κ2) is 12.0. The summed E-state index contributed by atoms with van der Waals surface area (Å²) in [5, 5.41) is 2.86. The highest BCUT2D eigenvalue weighted by Crippen LogP contribution is 2.24. The summed E-state index contributed by atoms with van der Waals surface area (Å²) in [6.45, 7) is 13.1. The zero-order valence-electron chi connectivity index (χ0n) is 18.1. The molecule has 0 aromatic carbocycles. The van der Waals surface area contributed by atoms with Crippen LogP contribution in [0.1, 0.15) is 33.6 Å². The predicted molar refractivity (Wildman–Crippen MR) is 112 cm³/mol. The van der Waals surface area contributed by atoms with Crippen molar-refractivity contribution in [1.29, 1.82) is 0 Å². The molecule has 0 spiro atoms. The Labute approximate surface area is 169 Å². The molecule has 0 aromatic rings. The van der Waals surface area contributed by atoms with Gasteiger partial charge >= 0.3 is 0 Å². The van der Waals surface area contributed by atoms with Crippen molar-refractivity contribution in [3.63, 3.8) is 0 Å². The first-order valence-corrected chi connectivity index (χ1v) is 9.92. The van der Waals surface area contributed by atoms with Crippen LogP contribution < -0.4 is 5.32 Å². The summed E-state index contributed by atoms with van der Waals surface area (Å²) < 4.78 is 24.8. The monoisotopic (exact) mass is 396 g/mol. The SMILES string of the molecule is C=C/C(=C\C(=C/COC)C(=O)NC[C@@H]1CCN(CCC(C)(C)C)C[C@@H]1F)OC. The first-order valence-electron chi connectivity index (χ1n) is 9.92. The number of nitrogens with one attached hydrogen (secondary N) is 1. The third-order valence-corrected chi connectivity index (χ3v) is 4.93. The van der Waals surface area contributed by atoms with Crippen LogP contribution in [-0.2, 0) is 14.3 Å². The van der Waals surface area contributed by atoms with Crippen molar-refractivity contribution in [2.24, 2.45) is 11.3 Å². The largest absolute Gasteiger partial charge is 0.497 e. The Morgan fingerprint density at radius 2 is 2.07 bits per heavy atom. The number of hydrogen-bond donors (Lipinski definition) is 1. The summed E-state index contributed by atoms with van der Waals surface area (Å²) in [7, 11) is 3.07. The van der Waals surface area contributed by atoms with E-state index in [2.05, 4.69) is 37.6 Å². The lowest BCUT2D eigenvalue weighted by molar-refractivity contribution is -0.117. The van der Waals surface area contributed by atoms with Crippen molar-refractivity contribution in [3.05, 3.63) is 36.1 Å². The Balaban J connectivity index is 2.58. The van der Waals surface area contributed by atoms with Gasteiger partial charge in [-0.05, 0) is 49.6 Å². The lowest BCUT2D eigenvalue weighted by Gasteiger charge is -2.36. The fourth-order valence-electron chi connectivity index (χ4n) is 3.01. The summed E-state index contributed by atoms with van der Waals surface area (Å²) in [6.07, 6.45) is 5.65. The van der Waals surface area contributed by atoms with Gasteiger partial charge in [0.05, 0.1) is 13.7 Å². The molecule has 1 amide bonds. The maximum Gasteiger partial charge on any atom is 0.251 e. The van der Waals surface area contributed by atoms with Gasteiger partial charge in [-0.3, -0.25) is 4.79 Å². The summed E-state index contributed by atoms with van der Waals surface area (Å²) >= 11 is 0. The quantitative estimate of drug-likeness (QED) is 0.349. The lowest BCUT2D eigenvalue weighted by Crippen LogP contribution is -2.46. The van der Waals surface area contributed by atoms with Crippen LogP contribution in [-0.4, -0.2) is 64.0 Å². The highest BCUT2D eigenvalue weighted by Gasteiger charge is 2.30. The lowest BCUT2D eigenvalue weighted by atomic mass is 9.90. The van der Waals surface area contributed by atoms with Crippen LogP contribution in [0.5, 0.6) is 0 Å². The first-order chi connectivity index (χ1) is 13.2. The number of amides is 1. The van der Waals surface area contributed by atoms with E-state index in [9.17, 15) is 9.18 Å². The third kappa shape index (κ3) is 9.02. The Morgan fingerprint density at radius 1 is 1.36 bits per heavy atom. The summed E-state index contributed by atoms with van der Waals surface area (Å²) in [5.74, 6) is 0.0487. The van der Waals surface area contributed by atoms with Gasteiger partial charge in [0.25, 0.3) is 5.91 Å². The van der Waals surface area contributed by atoms with E-state index in [0.29, 0.717) is 31.0 Å². The summed E-state index contributed by atoms with van der Waals surface area (Å²) in [4.78, 5) is 14.7. The molecule has 1 fully saturated rings. The number of carbonyl (C=O) groups is 1. The molecule has 6 heteroatoms. The second-order valence-electron chi connectivity index (χ2n) is 8.46. The van der Waals surface area contributed by atoms with Crippen molar-refractivity contribution in [2.45, 2.75) is 39.8 Å². The number of allylic oxidation sites excluding steroid dienone is 1. The number of halogens is 1. The van der Waals surface area contributed by atoms with Gasteiger partial charge in [0, 0.05) is 31.7 Å². The second-order valence-corrected chi connectivity index (χ2v) is 8.46. The predicted octanol–water partition coefficient (Wildman–Crippen LogP) is 3.49. The van der Waals surface area contributed by atoms with Crippen molar-refractivity contribution >= 4 is 5.91 Å². The van der Waals surface area contributed by atoms with Gasteiger partial charge in [-0.2, -0.15) is 0 Å². The molecule has 1 aliphatic rings. The maximum atomic E-state index is 14.6. The molecule has 0 aliphatic carbocycles. The minimum atomic E-state index is -0.932. The molecule has 0 bridgehead atoms. The zero-order valence-corrected chi connectivity index (χ0v) is 18.1. The number of ether oxygens (including phenoxy) is 2. The Bertz CT molecular complexity index is 567. The molecule has 1 heterocycles. The van der Waals surface area contributed by atoms with Crippen LogP contribution in [0.15, 0.2) is 36.1 Å². The van der Waals surface area contributed by atoms with Gasteiger partial charge in [0.1, 0.15) is 11.9 Å². The first kappa shape index (κ1) is 24.4. The molecule has 1 N–H and O–H groups in total. The van der Waals surface area contributed by atoms with Crippen LogP contribution >= 0.6 is 0 Å². The Hall–Kier alpha value is -1.66. The van der Waals surface area contributed by atoms with Crippen LogP contribution in [0, 0.1) is 11.3 Å². The molecule has 2 atom stereocenters. The minimum absolute atomic E-state index is 0.163. The van der Waals surface area contributed by atoms with Crippen molar-refractivity contribution in [1.82, 2.24) is 10.2 Å². The van der Waals surface area contributed by atoms with Gasteiger partial charge in [0.2, 0.25) is 0 Å². The molecule has 0 saturated carbocycles. The average molecular weight is 397 g/mol. The summed E-state index contributed by atoms with van der Waals surface area (Å²) in [6, 6.07) is 0. The van der Waals surface area contributed by atoms with E-state index in [1.54, 1.807) is 19.3 Å². The minimum Gasteiger partial charge on any atom is -0.497 e. The van der Waals surface area contributed by atoms with E-state index in [4.69, 9.17) is 9.47 Å². The molecular weight excluding hydrogens is 359 g/mol. The van der Waals surface area contributed by atoms with Crippen molar-refractivity contribution in [3.8, 4) is 0 Å². The van der Waals surface area contributed by atoms with Gasteiger partial charge < -0.3 is 19.7 Å². The van der Waals surface area contributed by atoms with E-state index < -0.39 is 6.17 Å². The molecule has 0 aromatic heterocycles. The van der Waals surface area contributed by atoms with Gasteiger partial charge in [-0.15, -0.1) is 0 Å². The molecule has 1 aliphatic heterocycles. The standard InChI is InChI=1S/C22H37FN2O3/c1-7-19(28-6)14-17(9-13-27-5)21(26)24-15-18-8-11-25(16-20(18)23)12-10-22(2,3)4/h7,9,14,18,20H,1,8,10-13,15-16H2,2-6H3,(H,24,26)/b17-9+,19-14+/t18-,20-/m0/s1. The van der Waals surface area contributed by atoms with E-state index in [1.807, 2.05) is 0 Å². The third-order valence-electron chi connectivity index (χ3n) is 4.93. The molecule has 1 saturated heterocycles. The molecule has 5 nitrogen and oxygen atoms in total. The smallest absolute Gasteiger partial charge is 0.251 e. The number of hydrogen-bond acceptors (Lipinski definition) is 4. The van der Waals surface area contributed by atoms with E-state index in [-0.39, 0.29) is 17.2 Å². The molecule has 28 heavy (non-hydrogen) atoms. The van der Waals surface area contributed by atoms with Gasteiger partial charge in [-0.25, -0.2) is 4.39 Å². The highest BCUT2D eigenvalue weighted by molar-refractivity contribution is 5.96. The van der Waals surface area contributed by atoms with E-state index in [0.717, 1.165) is 25.9 Å². The number of nitrogens with zero attached hydrogens (tertiary/aromatic N) is 1. The summed E-state index contributed by atoms with van der Waals surface area (Å²) in [5.41, 5.74) is 0.665. The van der Waals surface area contributed by atoms with Crippen molar-refractivity contribution < 1.29 is 18.7 Å². The molecule has 0 radical (unpaired) electrons. The average Bonchev–Trinajstić information content (AvgIpc) is 2.65. The number of likely N-dealkylation sites (tertiary alicyclic amines) is 1. The molecule has 160 valence electrons. The maximum absolute atomic E-state index is 14.6. The molecule has 0 unspecified atom stereocenters. The van der Waals surface area contributed by atoms with E-state index >= 15 is 0 Å². The van der Waals surface area contributed by atoms with Crippen LogP contribution in [0.4, 0.5) is 4.39 Å². The number of alkyl halides is 1. The fraction of sp³-hybridized carbons (Fsp3) is 0.682. The molecular formula is C22H37FN2O3. The Morgan fingerprint density at radius 3 is 2.61 bits per heavy atom.